The van der Waals surface area contributed by atoms with E-state index in [0.717, 1.165) is 0 Å². The summed E-state index contributed by atoms with van der Waals surface area (Å²) in [5.74, 6) is -0.728. The Bertz CT molecular complexity index is 235. The van der Waals surface area contributed by atoms with E-state index in [-0.39, 0.29) is 6.61 Å². The Morgan fingerprint density at radius 2 is 2.00 bits per heavy atom. The number of aliphatic hydroxyl groups excluding tert-OH is 1. The first kappa shape index (κ1) is 10.9. The van der Waals surface area contributed by atoms with Crippen LogP contribution in [0.2, 0.25) is 0 Å². The van der Waals surface area contributed by atoms with Gasteiger partial charge in [0.15, 0.2) is 0 Å². The molecule has 1 fully saturated rings. The van der Waals surface area contributed by atoms with Gasteiger partial charge in [0.05, 0.1) is 12.0 Å². The Labute approximate surface area is 81.4 Å². The molecule has 80 valence electrons. The molecule has 4 N–H and O–H groups in total. The first-order valence-electron chi connectivity index (χ1n) is 4.44. The SMILES string of the molecule is NC(=O)OC(=O)C1(CO)CCNCC1. The van der Waals surface area contributed by atoms with E-state index in [9.17, 15) is 9.59 Å². The van der Waals surface area contributed by atoms with Gasteiger partial charge in [-0.25, -0.2) is 4.79 Å². The largest absolute Gasteiger partial charge is 0.412 e. The van der Waals surface area contributed by atoms with Gasteiger partial charge in [0.2, 0.25) is 0 Å². The summed E-state index contributed by atoms with van der Waals surface area (Å²) < 4.78 is 4.30. The van der Waals surface area contributed by atoms with E-state index in [0.29, 0.717) is 25.9 Å². The van der Waals surface area contributed by atoms with Gasteiger partial charge in [-0.15, -0.1) is 0 Å². The van der Waals surface area contributed by atoms with Gasteiger partial charge in [-0.1, -0.05) is 0 Å². The van der Waals surface area contributed by atoms with Crippen molar-refractivity contribution in [3.63, 3.8) is 0 Å². The molecule has 1 amide bonds. The number of aliphatic hydroxyl groups is 1. The van der Waals surface area contributed by atoms with Crippen LogP contribution in [-0.2, 0) is 9.53 Å². The maximum atomic E-state index is 11.5. The summed E-state index contributed by atoms with van der Waals surface area (Å²) in [6.45, 7) is 0.920. The molecule has 1 saturated heterocycles. The minimum Gasteiger partial charge on any atom is -0.395 e. The van der Waals surface area contributed by atoms with Crippen LogP contribution < -0.4 is 11.1 Å². The Balaban J connectivity index is 2.67. The summed E-state index contributed by atoms with van der Waals surface area (Å²) in [5, 5.41) is 12.2. The molecule has 0 unspecified atom stereocenters. The molecular weight excluding hydrogens is 188 g/mol. The van der Waals surface area contributed by atoms with Crippen LogP contribution in [0.15, 0.2) is 0 Å². The third-order valence-electron chi connectivity index (χ3n) is 2.49. The van der Waals surface area contributed by atoms with Crippen LogP contribution in [0.5, 0.6) is 0 Å². The monoisotopic (exact) mass is 202 g/mol. The van der Waals surface area contributed by atoms with Crippen LogP contribution in [0, 0.1) is 5.41 Å². The third kappa shape index (κ3) is 2.21. The van der Waals surface area contributed by atoms with Crippen molar-refractivity contribution in [3.8, 4) is 0 Å². The van der Waals surface area contributed by atoms with Crippen LogP contribution in [0.3, 0.4) is 0 Å². The average Bonchev–Trinajstić information content (AvgIpc) is 2.18. The number of nitrogens with two attached hydrogens (primary N) is 1. The fraction of sp³-hybridized carbons (Fsp3) is 0.750. The number of hydrogen-bond donors (Lipinski definition) is 3. The zero-order valence-electron chi connectivity index (χ0n) is 7.78. The lowest BCUT2D eigenvalue weighted by molar-refractivity contribution is -0.153. The Hall–Kier alpha value is -1.14. The fourth-order valence-corrected chi connectivity index (χ4v) is 1.53. The highest BCUT2D eigenvalue weighted by molar-refractivity contribution is 5.87. The predicted octanol–water partition coefficient (Wildman–Crippen LogP) is -1.03. The first-order chi connectivity index (χ1) is 6.60. The van der Waals surface area contributed by atoms with Crippen molar-refractivity contribution < 1.29 is 19.4 Å². The van der Waals surface area contributed by atoms with Crippen molar-refractivity contribution in [1.82, 2.24) is 5.32 Å². The molecule has 0 aromatic rings. The summed E-state index contributed by atoms with van der Waals surface area (Å²) in [7, 11) is 0. The van der Waals surface area contributed by atoms with E-state index in [1.165, 1.54) is 0 Å². The van der Waals surface area contributed by atoms with Crippen molar-refractivity contribution in [2.75, 3.05) is 19.7 Å². The van der Waals surface area contributed by atoms with Gasteiger partial charge in [-0.3, -0.25) is 4.79 Å². The van der Waals surface area contributed by atoms with Gasteiger partial charge in [-0.05, 0) is 25.9 Å². The molecular formula is C8H14N2O4. The second-order valence-electron chi connectivity index (χ2n) is 3.40. The van der Waals surface area contributed by atoms with Crippen LogP contribution in [0.4, 0.5) is 4.79 Å². The Kier molecular flexibility index (Phi) is 3.43. The highest BCUT2D eigenvalue weighted by Gasteiger charge is 2.41. The minimum absolute atomic E-state index is 0.319. The lowest BCUT2D eigenvalue weighted by atomic mass is 9.80. The fourth-order valence-electron chi connectivity index (χ4n) is 1.53. The van der Waals surface area contributed by atoms with E-state index in [2.05, 4.69) is 10.1 Å². The molecule has 1 rings (SSSR count). The summed E-state index contributed by atoms with van der Waals surface area (Å²) in [4.78, 5) is 21.8. The second kappa shape index (κ2) is 4.39. The van der Waals surface area contributed by atoms with Gasteiger partial charge in [0.1, 0.15) is 0 Å². The van der Waals surface area contributed by atoms with Crippen LogP contribution >= 0.6 is 0 Å². The first-order valence-corrected chi connectivity index (χ1v) is 4.44. The number of primary amides is 1. The van der Waals surface area contributed by atoms with Crippen molar-refractivity contribution in [2.45, 2.75) is 12.8 Å². The highest BCUT2D eigenvalue weighted by Crippen LogP contribution is 2.29. The third-order valence-corrected chi connectivity index (χ3v) is 2.49. The predicted molar refractivity (Wildman–Crippen MR) is 47.3 cm³/mol. The topological polar surface area (TPSA) is 102 Å². The zero-order chi connectivity index (χ0) is 10.6. The summed E-state index contributed by atoms with van der Waals surface area (Å²) >= 11 is 0. The molecule has 14 heavy (non-hydrogen) atoms. The van der Waals surface area contributed by atoms with Crippen molar-refractivity contribution >= 4 is 12.1 Å². The van der Waals surface area contributed by atoms with Gasteiger partial charge in [-0.2, -0.15) is 0 Å². The van der Waals surface area contributed by atoms with E-state index in [1.54, 1.807) is 0 Å². The maximum absolute atomic E-state index is 11.5. The van der Waals surface area contributed by atoms with Crippen LogP contribution in [0.25, 0.3) is 0 Å². The molecule has 0 atom stereocenters. The number of hydrogen-bond acceptors (Lipinski definition) is 5. The van der Waals surface area contributed by atoms with Gasteiger partial charge in [0, 0.05) is 0 Å². The van der Waals surface area contributed by atoms with Gasteiger partial charge in [0.25, 0.3) is 0 Å². The van der Waals surface area contributed by atoms with Crippen molar-refractivity contribution in [1.29, 1.82) is 0 Å². The number of rotatable bonds is 2. The van der Waals surface area contributed by atoms with Crippen LogP contribution in [0.1, 0.15) is 12.8 Å². The molecule has 0 bridgehead atoms. The molecule has 1 aliphatic heterocycles. The lowest BCUT2D eigenvalue weighted by Gasteiger charge is -2.32. The molecule has 6 heteroatoms. The molecule has 6 nitrogen and oxygen atoms in total. The molecule has 0 aromatic carbocycles. The number of esters is 1. The number of nitrogens with one attached hydrogen (secondary N) is 1. The number of carbonyl (C=O) groups is 2. The number of piperidine rings is 1. The van der Waals surface area contributed by atoms with E-state index < -0.39 is 17.5 Å². The molecule has 0 aromatic heterocycles. The highest BCUT2D eigenvalue weighted by atomic mass is 16.6. The normalized spacial score (nSPS) is 20.1. The van der Waals surface area contributed by atoms with Gasteiger partial charge < -0.3 is 20.9 Å². The summed E-state index contributed by atoms with van der Waals surface area (Å²) in [5.41, 5.74) is 3.78. The second-order valence-corrected chi connectivity index (χ2v) is 3.40. The summed E-state index contributed by atoms with van der Waals surface area (Å²) in [6, 6.07) is 0. The van der Waals surface area contributed by atoms with E-state index in [4.69, 9.17) is 10.8 Å². The van der Waals surface area contributed by atoms with E-state index in [1.807, 2.05) is 0 Å². The number of amides is 1. The molecule has 0 saturated carbocycles. The average molecular weight is 202 g/mol. The Morgan fingerprint density at radius 1 is 1.43 bits per heavy atom. The quantitative estimate of drug-likeness (QED) is 0.392. The van der Waals surface area contributed by atoms with Gasteiger partial charge >= 0.3 is 12.1 Å². The standard InChI is InChI=1S/C8H14N2O4/c9-7(13)14-6(12)8(5-11)1-3-10-4-2-8/h10-11H,1-5H2,(H2,9,13). The molecule has 0 aliphatic carbocycles. The van der Waals surface area contributed by atoms with Crippen molar-refractivity contribution in [3.05, 3.63) is 0 Å². The summed E-state index contributed by atoms with van der Waals surface area (Å²) in [6.07, 6.45) is -0.216. The van der Waals surface area contributed by atoms with E-state index >= 15 is 0 Å². The number of ether oxygens (including phenoxy) is 1. The molecule has 1 heterocycles. The molecule has 0 spiro atoms. The minimum atomic E-state index is -1.12. The zero-order valence-corrected chi connectivity index (χ0v) is 7.78. The molecule has 0 radical (unpaired) electrons. The van der Waals surface area contributed by atoms with Crippen molar-refractivity contribution in [2.24, 2.45) is 11.1 Å². The number of carbonyl (C=O) groups excluding carboxylic acids is 2. The van der Waals surface area contributed by atoms with Crippen LogP contribution in [-0.4, -0.2) is 36.9 Å². The lowest BCUT2D eigenvalue weighted by Crippen LogP contribution is -2.46. The Morgan fingerprint density at radius 3 is 2.43 bits per heavy atom. The smallest absolute Gasteiger partial charge is 0.395 e. The maximum Gasteiger partial charge on any atom is 0.412 e. The molecule has 1 aliphatic rings.